The van der Waals surface area contributed by atoms with Gasteiger partial charge in [0.25, 0.3) is 0 Å². The number of benzene rings is 2. The van der Waals surface area contributed by atoms with E-state index in [9.17, 15) is 34.2 Å². The van der Waals surface area contributed by atoms with E-state index in [1.54, 1.807) is 26.0 Å². The summed E-state index contributed by atoms with van der Waals surface area (Å²) in [5, 5.41) is 46.4. The summed E-state index contributed by atoms with van der Waals surface area (Å²) in [6.45, 7) is 4.46. The second kappa shape index (κ2) is 20.8. The molecule has 4 amide bonds. The molecule has 1 saturated carbocycles. The SMILES string of the molecule is CC(C)[C@H](NC(=O)C[C@H](O)[C@H](CC1CCCCC1)NC(=O)C[C@H](O)[C@H](Cc1ccccc1)NC(=O)[C@@H]1CCCN1)C(=O)NCc1ccc(C(=O)O)cc1. The molecule has 6 atom stereocenters. The van der Waals surface area contributed by atoms with Crippen LogP contribution in [0.4, 0.5) is 0 Å². The molecule has 0 unspecified atom stereocenters. The first-order valence-corrected chi connectivity index (χ1v) is 19.0. The number of carbonyl (C=O) groups excluding carboxylic acids is 4. The predicted molar refractivity (Wildman–Crippen MR) is 199 cm³/mol. The normalized spacial score (nSPS) is 19.0. The maximum atomic E-state index is 13.5. The summed E-state index contributed by atoms with van der Waals surface area (Å²) in [7, 11) is 0. The number of aliphatic hydroxyl groups is 2. The van der Waals surface area contributed by atoms with E-state index in [0.29, 0.717) is 24.8 Å². The fraction of sp³-hybridized carbons (Fsp3) is 0.575. The van der Waals surface area contributed by atoms with Crippen LogP contribution in [0.3, 0.4) is 0 Å². The number of hydrogen-bond acceptors (Lipinski definition) is 8. The van der Waals surface area contributed by atoms with Crippen molar-refractivity contribution in [3.05, 3.63) is 71.3 Å². The van der Waals surface area contributed by atoms with Gasteiger partial charge in [-0.1, -0.05) is 88.4 Å². The van der Waals surface area contributed by atoms with Gasteiger partial charge >= 0.3 is 5.97 Å². The molecule has 53 heavy (non-hydrogen) atoms. The largest absolute Gasteiger partial charge is 0.478 e. The van der Waals surface area contributed by atoms with Crippen LogP contribution in [0.2, 0.25) is 0 Å². The lowest BCUT2D eigenvalue weighted by atomic mass is 9.83. The van der Waals surface area contributed by atoms with Crippen molar-refractivity contribution >= 4 is 29.6 Å². The molecule has 4 rings (SSSR count). The summed E-state index contributed by atoms with van der Waals surface area (Å²) in [6, 6.07) is 12.8. The molecule has 2 fully saturated rings. The molecule has 13 nitrogen and oxygen atoms in total. The standard InChI is InChI=1S/C40H57N5O8/c1-25(2)37(39(51)42-24-28-15-17-29(18-16-28)40(52)53)45-36(49)23-33(46)31(20-26-10-5-3-6-11-26)43-35(48)22-34(47)32(21-27-12-7-4-8-13-27)44-38(50)30-14-9-19-41-30/h4,7-8,12-13,15-18,25-26,30-34,37,41,46-47H,3,5-6,9-11,14,19-24H2,1-2H3,(H,42,51)(H,43,48)(H,44,50)(H,45,49)(H,52,53)/t30-,31-,32-,33-,34-,37-/m0/s1. The van der Waals surface area contributed by atoms with Gasteiger partial charge in [-0.15, -0.1) is 0 Å². The van der Waals surface area contributed by atoms with E-state index in [2.05, 4.69) is 26.6 Å². The minimum absolute atomic E-state index is 0.133. The van der Waals surface area contributed by atoms with Gasteiger partial charge in [0.1, 0.15) is 6.04 Å². The third-order valence-electron chi connectivity index (χ3n) is 10.3. The van der Waals surface area contributed by atoms with Gasteiger partial charge in [-0.05, 0) is 67.3 Å². The van der Waals surface area contributed by atoms with E-state index in [0.717, 1.165) is 50.6 Å². The van der Waals surface area contributed by atoms with Gasteiger partial charge in [0.15, 0.2) is 0 Å². The Labute approximate surface area is 312 Å². The van der Waals surface area contributed by atoms with Crippen LogP contribution in [0, 0.1) is 11.8 Å². The van der Waals surface area contributed by atoms with Crippen LogP contribution in [0.25, 0.3) is 0 Å². The van der Waals surface area contributed by atoms with Gasteiger partial charge in [0, 0.05) is 6.54 Å². The number of aliphatic hydroxyl groups excluding tert-OH is 2. The summed E-state index contributed by atoms with van der Waals surface area (Å²) in [5.74, 6) is -2.77. The van der Waals surface area contributed by atoms with Crippen LogP contribution < -0.4 is 26.6 Å². The number of carboxylic acids is 1. The van der Waals surface area contributed by atoms with E-state index in [1.165, 1.54) is 12.1 Å². The highest BCUT2D eigenvalue weighted by atomic mass is 16.4. The summed E-state index contributed by atoms with van der Waals surface area (Å²) in [4.78, 5) is 64.1. The van der Waals surface area contributed by atoms with E-state index < -0.39 is 54.0 Å². The van der Waals surface area contributed by atoms with Crippen LogP contribution in [0.15, 0.2) is 54.6 Å². The Morgan fingerprint density at radius 2 is 1.40 bits per heavy atom. The van der Waals surface area contributed by atoms with Gasteiger partial charge in [-0.2, -0.15) is 0 Å². The van der Waals surface area contributed by atoms with Crippen molar-refractivity contribution in [3.63, 3.8) is 0 Å². The monoisotopic (exact) mass is 735 g/mol. The first kappa shape index (κ1) is 41.4. The molecule has 1 heterocycles. The highest BCUT2D eigenvalue weighted by Crippen LogP contribution is 2.28. The number of aromatic carboxylic acids is 1. The average Bonchev–Trinajstić information content (AvgIpc) is 3.69. The summed E-state index contributed by atoms with van der Waals surface area (Å²) in [6.07, 6.45) is 4.35. The number of nitrogens with one attached hydrogen (secondary N) is 5. The Kier molecular flexibility index (Phi) is 16.2. The Hall–Kier alpha value is -4.33. The van der Waals surface area contributed by atoms with Crippen LogP contribution in [0.1, 0.15) is 99.5 Å². The molecule has 1 saturated heterocycles. The molecule has 290 valence electrons. The van der Waals surface area contributed by atoms with Crippen molar-refractivity contribution in [1.29, 1.82) is 0 Å². The number of amides is 4. The van der Waals surface area contributed by atoms with Crippen molar-refractivity contribution in [2.75, 3.05) is 6.54 Å². The van der Waals surface area contributed by atoms with E-state index >= 15 is 0 Å². The molecule has 0 aromatic heterocycles. The van der Waals surface area contributed by atoms with Crippen LogP contribution >= 0.6 is 0 Å². The van der Waals surface area contributed by atoms with E-state index in [-0.39, 0.29) is 48.7 Å². The fourth-order valence-electron chi connectivity index (χ4n) is 7.20. The lowest BCUT2D eigenvalue weighted by Crippen LogP contribution is -2.53. The summed E-state index contributed by atoms with van der Waals surface area (Å²) in [5.41, 5.74) is 1.72. The average molecular weight is 736 g/mol. The number of carbonyl (C=O) groups is 5. The minimum Gasteiger partial charge on any atom is -0.478 e. The molecular weight excluding hydrogens is 678 g/mol. The molecule has 8 N–H and O–H groups in total. The van der Waals surface area contributed by atoms with Gasteiger partial charge in [0.05, 0.1) is 48.7 Å². The van der Waals surface area contributed by atoms with Crippen LogP contribution in [-0.4, -0.2) is 87.8 Å². The van der Waals surface area contributed by atoms with E-state index in [4.69, 9.17) is 5.11 Å². The Morgan fingerprint density at radius 1 is 0.755 bits per heavy atom. The van der Waals surface area contributed by atoms with Gasteiger partial charge in [0.2, 0.25) is 23.6 Å². The number of rotatable bonds is 19. The Balaban J connectivity index is 1.37. The zero-order chi connectivity index (χ0) is 38.3. The predicted octanol–water partition coefficient (Wildman–Crippen LogP) is 2.58. The van der Waals surface area contributed by atoms with Gasteiger partial charge in [-0.25, -0.2) is 4.79 Å². The smallest absolute Gasteiger partial charge is 0.335 e. The lowest BCUT2D eigenvalue weighted by Gasteiger charge is -2.31. The van der Waals surface area contributed by atoms with Crippen LogP contribution in [0.5, 0.6) is 0 Å². The second-order valence-electron chi connectivity index (χ2n) is 14.9. The molecule has 1 aliphatic heterocycles. The van der Waals surface area contributed by atoms with Crippen molar-refractivity contribution in [3.8, 4) is 0 Å². The Morgan fingerprint density at radius 3 is 2.00 bits per heavy atom. The van der Waals surface area contributed by atoms with Gasteiger partial charge < -0.3 is 41.9 Å². The number of carboxylic acid groups (broad SMARTS) is 1. The maximum Gasteiger partial charge on any atom is 0.335 e. The first-order chi connectivity index (χ1) is 25.4. The third-order valence-corrected chi connectivity index (χ3v) is 10.3. The quantitative estimate of drug-likeness (QED) is 0.107. The minimum atomic E-state index is -1.25. The highest BCUT2D eigenvalue weighted by molar-refractivity contribution is 5.89. The van der Waals surface area contributed by atoms with Gasteiger partial charge in [-0.3, -0.25) is 19.2 Å². The zero-order valence-corrected chi connectivity index (χ0v) is 30.9. The van der Waals surface area contributed by atoms with Crippen molar-refractivity contribution in [1.82, 2.24) is 26.6 Å². The molecule has 2 aliphatic rings. The molecule has 0 radical (unpaired) electrons. The number of hydrogen-bond donors (Lipinski definition) is 8. The van der Waals surface area contributed by atoms with Crippen molar-refractivity contribution < 1.29 is 39.3 Å². The lowest BCUT2D eigenvalue weighted by molar-refractivity contribution is -0.132. The summed E-state index contributed by atoms with van der Waals surface area (Å²) < 4.78 is 0. The fourth-order valence-corrected chi connectivity index (χ4v) is 7.20. The third kappa shape index (κ3) is 13.5. The maximum absolute atomic E-state index is 13.5. The molecular formula is C40H57N5O8. The van der Waals surface area contributed by atoms with Crippen LogP contribution in [-0.2, 0) is 32.1 Å². The zero-order valence-electron chi connectivity index (χ0n) is 30.9. The van der Waals surface area contributed by atoms with Crippen molar-refractivity contribution in [2.24, 2.45) is 11.8 Å². The van der Waals surface area contributed by atoms with Crippen molar-refractivity contribution in [2.45, 2.75) is 127 Å². The molecule has 1 aliphatic carbocycles. The second-order valence-corrected chi connectivity index (χ2v) is 14.9. The molecule has 2 aromatic rings. The topological polar surface area (TPSA) is 206 Å². The molecule has 0 spiro atoms. The molecule has 0 bridgehead atoms. The van der Waals surface area contributed by atoms with E-state index in [1.807, 2.05) is 30.3 Å². The first-order valence-electron chi connectivity index (χ1n) is 19.0. The molecule has 2 aromatic carbocycles. The Bertz CT molecular complexity index is 1490. The molecule has 13 heteroatoms. The highest BCUT2D eigenvalue weighted by Gasteiger charge is 2.33. The summed E-state index contributed by atoms with van der Waals surface area (Å²) >= 11 is 0.